The van der Waals surface area contributed by atoms with Crippen LogP contribution in [0.4, 0.5) is 0 Å². The molecule has 0 N–H and O–H groups in total. The predicted octanol–water partition coefficient (Wildman–Crippen LogP) is 2.19. The fourth-order valence-electron chi connectivity index (χ4n) is 1.51. The van der Waals surface area contributed by atoms with Crippen LogP contribution in [0, 0.1) is 13.8 Å². The number of nitrogens with zero attached hydrogens (tertiary/aromatic N) is 2. The van der Waals surface area contributed by atoms with E-state index in [1.165, 1.54) is 0 Å². The molecule has 0 spiro atoms. The number of carbonyl (C=O) groups excluding carboxylic acids is 1. The molecule has 0 aliphatic rings. The van der Waals surface area contributed by atoms with E-state index in [9.17, 15) is 4.79 Å². The van der Waals surface area contributed by atoms with Crippen molar-refractivity contribution in [2.75, 3.05) is 0 Å². The Balaban J connectivity index is 2.41. The lowest BCUT2D eigenvalue weighted by atomic mass is 10.1. The van der Waals surface area contributed by atoms with Crippen LogP contribution < -0.4 is 0 Å². The number of hydrogen-bond donors (Lipinski definition) is 0. The molecule has 0 aliphatic carbocycles. The van der Waals surface area contributed by atoms with Gasteiger partial charge in [0.1, 0.15) is 5.82 Å². The summed E-state index contributed by atoms with van der Waals surface area (Å²) in [6, 6.07) is 7.54. The largest absolute Gasteiger partial charge is 0.270 e. The molecule has 2 aromatic rings. The lowest BCUT2D eigenvalue weighted by molar-refractivity contribution is 0.0957. The van der Waals surface area contributed by atoms with E-state index >= 15 is 0 Å². The van der Waals surface area contributed by atoms with Gasteiger partial charge in [-0.15, -0.1) is 0 Å². The van der Waals surface area contributed by atoms with Crippen molar-refractivity contribution in [3.63, 3.8) is 0 Å². The van der Waals surface area contributed by atoms with Gasteiger partial charge in [0.05, 0.1) is 0 Å². The average molecular weight is 200 g/mol. The van der Waals surface area contributed by atoms with Crippen LogP contribution in [-0.2, 0) is 0 Å². The summed E-state index contributed by atoms with van der Waals surface area (Å²) in [4.78, 5) is 16.0. The van der Waals surface area contributed by atoms with E-state index in [-0.39, 0.29) is 5.91 Å². The average Bonchev–Trinajstić information content (AvgIpc) is 2.63. The molecule has 3 nitrogen and oxygen atoms in total. The van der Waals surface area contributed by atoms with E-state index in [4.69, 9.17) is 0 Å². The van der Waals surface area contributed by atoms with Gasteiger partial charge in [0.25, 0.3) is 5.91 Å². The Kier molecular flexibility index (Phi) is 2.37. The van der Waals surface area contributed by atoms with Crippen molar-refractivity contribution in [3.05, 3.63) is 53.6 Å². The van der Waals surface area contributed by atoms with Gasteiger partial charge in [-0.1, -0.05) is 17.7 Å². The van der Waals surface area contributed by atoms with E-state index in [1.807, 2.05) is 38.1 Å². The number of hydrogen-bond acceptors (Lipinski definition) is 2. The monoisotopic (exact) mass is 200 g/mol. The van der Waals surface area contributed by atoms with E-state index < -0.39 is 0 Å². The third-order valence-corrected chi connectivity index (χ3v) is 2.31. The summed E-state index contributed by atoms with van der Waals surface area (Å²) in [5.74, 6) is 0.676. The van der Waals surface area contributed by atoms with Crippen molar-refractivity contribution in [2.45, 2.75) is 13.8 Å². The van der Waals surface area contributed by atoms with Gasteiger partial charge < -0.3 is 0 Å². The number of carbonyl (C=O) groups is 1. The normalized spacial score (nSPS) is 10.3. The fraction of sp³-hybridized carbons (Fsp3) is 0.167. The summed E-state index contributed by atoms with van der Waals surface area (Å²) in [5, 5.41) is 0. The summed E-state index contributed by atoms with van der Waals surface area (Å²) in [6.07, 6.45) is 3.31. The first kappa shape index (κ1) is 9.65. The molecule has 15 heavy (non-hydrogen) atoms. The second kappa shape index (κ2) is 3.69. The molecule has 76 valence electrons. The van der Waals surface area contributed by atoms with Crippen LogP contribution in [0.5, 0.6) is 0 Å². The first-order valence-electron chi connectivity index (χ1n) is 4.80. The third-order valence-electron chi connectivity index (χ3n) is 2.31. The van der Waals surface area contributed by atoms with Crippen molar-refractivity contribution >= 4 is 5.91 Å². The predicted molar refractivity (Wildman–Crippen MR) is 57.9 cm³/mol. The van der Waals surface area contributed by atoms with Crippen molar-refractivity contribution in [3.8, 4) is 0 Å². The van der Waals surface area contributed by atoms with Gasteiger partial charge in [-0.25, -0.2) is 4.98 Å². The fourth-order valence-corrected chi connectivity index (χ4v) is 1.51. The first-order valence-corrected chi connectivity index (χ1v) is 4.80. The SMILES string of the molecule is Cc1cccc(C(=O)n2ccnc2C)c1. The highest BCUT2D eigenvalue weighted by atomic mass is 16.2. The van der Waals surface area contributed by atoms with Crippen LogP contribution >= 0.6 is 0 Å². The lowest BCUT2D eigenvalue weighted by Crippen LogP contribution is -2.12. The van der Waals surface area contributed by atoms with E-state index in [1.54, 1.807) is 17.0 Å². The maximum atomic E-state index is 12.0. The summed E-state index contributed by atoms with van der Waals surface area (Å²) in [6.45, 7) is 3.78. The highest BCUT2D eigenvalue weighted by Gasteiger charge is 2.09. The van der Waals surface area contributed by atoms with Crippen molar-refractivity contribution in [1.29, 1.82) is 0 Å². The van der Waals surface area contributed by atoms with E-state index in [0.717, 1.165) is 5.56 Å². The first-order chi connectivity index (χ1) is 7.18. The highest BCUT2D eigenvalue weighted by Crippen LogP contribution is 2.07. The van der Waals surface area contributed by atoms with Gasteiger partial charge in [0.2, 0.25) is 0 Å². The second-order valence-corrected chi connectivity index (χ2v) is 3.52. The van der Waals surface area contributed by atoms with Crippen LogP contribution in [0.1, 0.15) is 21.7 Å². The molecule has 0 saturated heterocycles. The molecular formula is C12H12N2O. The quantitative estimate of drug-likeness (QED) is 0.707. The molecule has 0 fully saturated rings. The summed E-state index contributed by atoms with van der Waals surface area (Å²) >= 11 is 0. The summed E-state index contributed by atoms with van der Waals surface area (Å²) in [7, 11) is 0. The van der Waals surface area contributed by atoms with Gasteiger partial charge >= 0.3 is 0 Å². The molecule has 0 radical (unpaired) electrons. The van der Waals surface area contributed by atoms with Crippen LogP contribution in [0.25, 0.3) is 0 Å². The lowest BCUT2D eigenvalue weighted by Gasteiger charge is -2.04. The standard InChI is InChI=1S/C12H12N2O/c1-9-4-3-5-11(8-9)12(15)14-7-6-13-10(14)2/h3-8H,1-2H3. The molecule has 0 atom stereocenters. The zero-order chi connectivity index (χ0) is 10.8. The van der Waals surface area contributed by atoms with Gasteiger partial charge in [-0.3, -0.25) is 9.36 Å². The number of aromatic nitrogens is 2. The Morgan fingerprint density at radius 1 is 1.33 bits per heavy atom. The minimum Gasteiger partial charge on any atom is -0.270 e. The molecule has 3 heteroatoms. The summed E-state index contributed by atoms with van der Waals surface area (Å²) in [5.41, 5.74) is 1.77. The van der Waals surface area contributed by atoms with Crippen molar-refractivity contribution in [2.24, 2.45) is 0 Å². The third kappa shape index (κ3) is 1.81. The topological polar surface area (TPSA) is 34.9 Å². The van der Waals surface area contributed by atoms with Crippen LogP contribution in [0.3, 0.4) is 0 Å². The molecule has 1 aromatic carbocycles. The minimum absolute atomic E-state index is 0.0336. The van der Waals surface area contributed by atoms with Gasteiger partial charge in [-0.2, -0.15) is 0 Å². The molecule has 0 amide bonds. The number of benzene rings is 1. The Labute approximate surface area is 88.4 Å². The van der Waals surface area contributed by atoms with Crippen molar-refractivity contribution in [1.82, 2.24) is 9.55 Å². The smallest absolute Gasteiger partial charge is 0.263 e. The molecule has 1 heterocycles. The zero-order valence-electron chi connectivity index (χ0n) is 8.77. The Morgan fingerprint density at radius 2 is 2.13 bits per heavy atom. The van der Waals surface area contributed by atoms with Gasteiger partial charge in [0, 0.05) is 18.0 Å². The van der Waals surface area contributed by atoms with Crippen LogP contribution in [-0.4, -0.2) is 15.5 Å². The zero-order valence-corrected chi connectivity index (χ0v) is 8.77. The maximum absolute atomic E-state index is 12.0. The Morgan fingerprint density at radius 3 is 2.73 bits per heavy atom. The Hall–Kier alpha value is -1.90. The van der Waals surface area contributed by atoms with Crippen LogP contribution in [0.2, 0.25) is 0 Å². The number of aryl methyl sites for hydroxylation is 2. The van der Waals surface area contributed by atoms with Crippen molar-refractivity contribution < 1.29 is 4.79 Å². The van der Waals surface area contributed by atoms with E-state index in [2.05, 4.69) is 4.98 Å². The maximum Gasteiger partial charge on any atom is 0.263 e. The molecule has 0 aliphatic heterocycles. The second-order valence-electron chi connectivity index (χ2n) is 3.52. The van der Waals surface area contributed by atoms with Crippen LogP contribution in [0.15, 0.2) is 36.7 Å². The molecule has 0 unspecified atom stereocenters. The molecular weight excluding hydrogens is 188 g/mol. The minimum atomic E-state index is -0.0336. The molecule has 0 saturated carbocycles. The van der Waals surface area contributed by atoms with Gasteiger partial charge in [-0.05, 0) is 26.0 Å². The van der Waals surface area contributed by atoms with E-state index in [0.29, 0.717) is 11.4 Å². The molecule has 1 aromatic heterocycles. The number of imidazole rings is 1. The molecule has 2 rings (SSSR count). The molecule has 0 bridgehead atoms. The summed E-state index contributed by atoms with van der Waals surface area (Å²) < 4.78 is 1.55. The Bertz CT molecular complexity index is 500. The van der Waals surface area contributed by atoms with Gasteiger partial charge in [0.15, 0.2) is 0 Å². The number of rotatable bonds is 1. The highest BCUT2D eigenvalue weighted by molar-refractivity contribution is 5.96.